The molecular formula is C22H23N3O6. The Hall–Kier alpha value is -3.49. The zero-order valence-electron chi connectivity index (χ0n) is 17.3. The normalized spacial score (nSPS) is 23.2. The third-order valence-electron chi connectivity index (χ3n) is 5.89. The quantitative estimate of drug-likeness (QED) is 0.311. The maximum absolute atomic E-state index is 13.4. The van der Waals surface area contributed by atoms with E-state index in [1.807, 2.05) is 0 Å². The van der Waals surface area contributed by atoms with Gasteiger partial charge in [0.25, 0.3) is 5.91 Å². The van der Waals surface area contributed by atoms with Crippen LogP contribution in [0.1, 0.15) is 49.9 Å². The fourth-order valence-corrected chi connectivity index (χ4v) is 4.52. The predicted octanol–water partition coefficient (Wildman–Crippen LogP) is 2.11. The number of para-hydroxylation sites is 1. The highest BCUT2D eigenvalue weighted by Gasteiger charge is 2.64. The van der Waals surface area contributed by atoms with Crippen LogP contribution in [0.15, 0.2) is 35.6 Å². The molecule has 2 heterocycles. The van der Waals surface area contributed by atoms with Gasteiger partial charge in [-0.05, 0) is 38.8 Å². The number of hydrogen-bond donors (Lipinski definition) is 2. The molecule has 0 radical (unpaired) electrons. The molecule has 1 unspecified atom stereocenters. The zero-order chi connectivity index (χ0) is 22.5. The summed E-state index contributed by atoms with van der Waals surface area (Å²) in [7, 11) is 0. The first-order valence-electron chi connectivity index (χ1n) is 10.1. The van der Waals surface area contributed by atoms with Crippen molar-refractivity contribution in [3.05, 3.63) is 41.2 Å². The van der Waals surface area contributed by atoms with Crippen molar-refractivity contribution in [2.75, 3.05) is 11.5 Å². The Labute approximate surface area is 178 Å². The minimum atomic E-state index is -1.62. The fraction of sp³-hybridized carbons (Fsp3) is 0.409. The number of nitrogens with zero attached hydrogens (tertiary/aromatic N) is 2. The summed E-state index contributed by atoms with van der Waals surface area (Å²) in [5.41, 5.74) is -1.29. The van der Waals surface area contributed by atoms with Gasteiger partial charge < -0.3 is 20.2 Å². The van der Waals surface area contributed by atoms with E-state index in [0.717, 1.165) is 12.8 Å². The second kappa shape index (κ2) is 7.33. The summed E-state index contributed by atoms with van der Waals surface area (Å²) in [5.74, 6) is -2.54. The van der Waals surface area contributed by atoms with Crippen molar-refractivity contribution in [1.29, 1.82) is 5.41 Å². The van der Waals surface area contributed by atoms with Gasteiger partial charge in [0.1, 0.15) is 12.4 Å². The number of hydrogen-bond acceptors (Lipinski definition) is 7. The van der Waals surface area contributed by atoms with Crippen molar-refractivity contribution in [2.45, 2.75) is 51.2 Å². The molecule has 2 amide bonds. The molecule has 2 aliphatic heterocycles. The van der Waals surface area contributed by atoms with E-state index in [1.54, 1.807) is 24.3 Å². The highest BCUT2D eigenvalue weighted by molar-refractivity contribution is 6.20. The molecule has 0 spiro atoms. The van der Waals surface area contributed by atoms with E-state index in [4.69, 9.17) is 10.1 Å². The molecular weight excluding hydrogens is 402 g/mol. The van der Waals surface area contributed by atoms with Crippen molar-refractivity contribution in [3.63, 3.8) is 0 Å². The number of ether oxygens (including phenoxy) is 1. The number of rotatable bonds is 6. The van der Waals surface area contributed by atoms with Gasteiger partial charge in [0.2, 0.25) is 11.6 Å². The van der Waals surface area contributed by atoms with Crippen LogP contribution in [0.3, 0.4) is 0 Å². The topological polar surface area (TPSA) is 128 Å². The van der Waals surface area contributed by atoms with Gasteiger partial charge in [0.05, 0.1) is 16.8 Å². The van der Waals surface area contributed by atoms with Gasteiger partial charge in [0.15, 0.2) is 5.78 Å². The Morgan fingerprint density at radius 2 is 1.90 bits per heavy atom. The van der Waals surface area contributed by atoms with E-state index < -0.39 is 29.8 Å². The molecule has 2 fully saturated rings. The van der Waals surface area contributed by atoms with Crippen molar-refractivity contribution < 1.29 is 29.0 Å². The lowest BCUT2D eigenvalue weighted by Crippen LogP contribution is -2.69. The summed E-state index contributed by atoms with van der Waals surface area (Å²) >= 11 is 0. The van der Waals surface area contributed by atoms with Crippen LogP contribution in [0.25, 0.3) is 0 Å². The Kier molecular flexibility index (Phi) is 4.91. The van der Waals surface area contributed by atoms with Gasteiger partial charge in [-0.15, -0.1) is 0 Å². The average molecular weight is 425 g/mol. The molecule has 1 aromatic carbocycles. The van der Waals surface area contributed by atoms with Gasteiger partial charge in [-0.3, -0.25) is 19.3 Å². The molecule has 0 bridgehead atoms. The number of esters is 1. The molecule has 3 aliphatic rings. The summed E-state index contributed by atoms with van der Waals surface area (Å²) in [6.45, 7) is 1.91. The molecule has 9 nitrogen and oxygen atoms in total. The van der Waals surface area contributed by atoms with Gasteiger partial charge in [-0.2, -0.15) is 0 Å². The minimum absolute atomic E-state index is 0.0695. The van der Waals surface area contributed by atoms with Crippen LogP contribution in [0.4, 0.5) is 5.69 Å². The number of fused-ring (bicyclic) bond motifs is 3. The average Bonchev–Trinajstić information content (AvgIpc) is 3.48. The number of carbonyl (C=O) groups is 4. The summed E-state index contributed by atoms with van der Waals surface area (Å²) in [4.78, 5) is 54.1. The Balaban J connectivity index is 1.74. The van der Waals surface area contributed by atoms with Crippen LogP contribution in [-0.2, 0) is 19.1 Å². The predicted molar refractivity (Wildman–Crippen MR) is 110 cm³/mol. The van der Waals surface area contributed by atoms with E-state index in [0.29, 0.717) is 11.3 Å². The molecule has 1 atom stereocenters. The standard InChI is InChI=1S/C22H23N3O6/c1-12(23)19(13(2)26)17(27)11-31-21(30)22-10-9-18(28)25(22)16-6-4-3-5-15(16)20(29)24(22)14-7-8-14/h3-6,14,23,27H,7-11H2,1-2H3/b19-17-,23-12?. The SMILES string of the molecule is CC(=N)/C(C(C)=O)=C(/O)COC(=O)C12CCC(=O)N1c1ccccc1C(=O)N2C1CC1. The summed E-state index contributed by atoms with van der Waals surface area (Å²) in [6, 6.07) is 6.49. The lowest BCUT2D eigenvalue weighted by atomic mass is 9.96. The maximum atomic E-state index is 13.4. The number of anilines is 1. The van der Waals surface area contributed by atoms with Gasteiger partial charge in [-0.1, -0.05) is 12.1 Å². The number of carbonyl (C=O) groups excluding carboxylic acids is 4. The third-order valence-corrected chi connectivity index (χ3v) is 5.89. The van der Waals surface area contributed by atoms with Crippen LogP contribution >= 0.6 is 0 Å². The Bertz CT molecular complexity index is 1040. The Morgan fingerprint density at radius 1 is 1.23 bits per heavy atom. The number of ketones is 1. The number of allylic oxidation sites excluding steroid dienone is 1. The van der Waals surface area contributed by atoms with Crippen LogP contribution < -0.4 is 4.90 Å². The van der Waals surface area contributed by atoms with Crippen LogP contribution in [0.2, 0.25) is 0 Å². The third kappa shape index (κ3) is 3.11. The lowest BCUT2D eigenvalue weighted by Gasteiger charge is -2.48. The zero-order valence-corrected chi connectivity index (χ0v) is 17.3. The molecule has 1 aliphatic carbocycles. The Morgan fingerprint density at radius 3 is 2.52 bits per heavy atom. The van der Waals surface area contributed by atoms with Crippen LogP contribution in [-0.4, -0.2) is 57.6 Å². The first-order valence-corrected chi connectivity index (χ1v) is 10.1. The van der Waals surface area contributed by atoms with Crippen LogP contribution in [0, 0.1) is 5.41 Å². The van der Waals surface area contributed by atoms with Gasteiger partial charge in [-0.25, -0.2) is 4.79 Å². The highest BCUT2D eigenvalue weighted by atomic mass is 16.5. The van der Waals surface area contributed by atoms with Gasteiger partial charge in [0, 0.05) is 24.6 Å². The molecule has 4 rings (SSSR count). The molecule has 1 saturated carbocycles. The summed E-state index contributed by atoms with van der Waals surface area (Å²) in [6.07, 6.45) is 1.59. The van der Waals surface area contributed by atoms with Gasteiger partial charge >= 0.3 is 5.97 Å². The van der Waals surface area contributed by atoms with E-state index >= 15 is 0 Å². The number of aliphatic hydroxyl groups excluding tert-OH is 1. The van der Waals surface area contributed by atoms with Crippen molar-refractivity contribution in [1.82, 2.24) is 4.90 Å². The summed E-state index contributed by atoms with van der Waals surface area (Å²) < 4.78 is 5.37. The molecule has 9 heteroatoms. The van der Waals surface area contributed by atoms with E-state index in [1.165, 1.54) is 23.6 Å². The molecule has 1 saturated heterocycles. The molecule has 162 valence electrons. The largest absolute Gasteiger partial charge is 0.508 e. The van der Waals surface area contributed by atoms with E-state index in [2.05, 4.69) is 0 Å². The minimum Gasteiger partial charge on any atom is -0.508 e. The molecule has 1 aromatic rings. The molecule has 2 N–H and O–H groups in total. The number of aliphatic hydroxyl groups is 1. The smallest absolute Gasteiger partial charge is 0.354 e. The van der Waals surface area contributed by atoms with Crippen LogP contribution in [0.5, 0.6) is 0 Å². The van der Waals surface area contributed by atoms with Crippen molar-refractivity contribution >= 4 is 35.0 Å². The second-order valence-electron chi connectivity index (χ2n) is 8.05. The fourth-order valence-electron chi connectivity index (χ4n) is 4.52. The maximum Gasteiger partial charge on any atom is 0.354 e. The number of Topliss-reactive ketones (excluding diaryl/α,β-unsaturated/α-hetero) is 1. The highest BCUT2D eigenvalue weighted by Crippen LogP contribution is 2.49. The van der Waals surface area contributed by atoms with Crippen molar-refractivity contribution in [3.8, 4) is 0 Å². The summed E-state index contributed by atoms with van der Waals surface area (Å²) in [5, 5.41) is 17.9. The second-order valence-corrected chi connectivity index (χ2v) is 8.05. The molecule has 0 aromatic heterocycles. The number of amides is 2. The first-order chi connectivity index (χ1) is 14.7. The van der Waals surface area contributed by atoms with E-state index in [-0.39, 0.29) is 42.0 Å². The monoisotopic (exact) mass is 425 g/mol. The number of benzene rings is 1. The first kappa shape index (κ1) is 20.8. The lowest BCUT2D eigenvalue weighted by molar-refractivity contribution is -0.157. The number of nitrogens with one attached hydrogen (secondary N) is 1. The van der Waals surface area contributed by atoms with E-state index in [9.17, 15) is 24.3 Å². The van der Waals surface area contributed by atoms with Crippen molar-refractivity contribution in [2.24, 2.45) is 0 Å². The molecule has 31 heavy (non-hydrogen) atoms.